The molecule has 0 N–H and O–H groups in total. The van der Waals surface area contributed by atoms with Crippen LogP contribution < -0.4 is 4.67 Å². The van der Waals surface area contributed by atoms with E-state index in [2.05, 4.69) is 53.2 Å². The van der Waals surface area contributed by atoms with E-state index in [-0.39, 0.29) is 0 Å². The monoisotopic (exact) mass is 202 g/mol. The Morgan fingerprint density at radius 2 is 1.00 bits per heavy atom. The number of hydrogen-bond acceptors (Lipinski definition) is 1. The van der Waals surface area contributed by atoms with Crippen molar-refractivity contribution in [3.05, 3.63) is 60.7 Å². The van der Waals surface area contributed by atoms with Crippen LogP contribution >= 0.6 is 9.39 Å². The zero-order chi connectivity index (χ0) is 9.80. The first-order valence-corrected chi connectivity index (χ1v) is 5.22. The average molecular weight is 202 g/mol. The van der Waals surface area contributed by atoms with Crippen molar-refractivity contribution in [3.8, 4) is 0 Å². The molecule has 2 aromatic rings. The van der Waals surface area contributed by atoms with E-state index in [9.17, 15) is 0 Å². The van der Waals surface area contributed by atoms with Crippen molar-refractivity contribution in [2.45, 2.75) is 0 Å². The summed E-state index contributed by atoms with van der Waals surface area (Å²) in [5.41, 5.74) is 2.44. The van der Waals surface area contributed by atoms with Crippen LogP contribution in [0.4, 0.5) is 11.4 Å². The molecule has 2 heteroatoms. The smallest absolute Gasteiger partial charge is 0.0781 e. The van der Waals surface area contributed by atoms with Gasteiger partial charge in [0.05, 0.1) is 20.8 Å². The minimum atomic E-state index is 1.22. The summed E-state index contributed by atoms with van der Waals surface area (Å²) in [6, 6.07) is 20.7. The largest absolute Gasteiger partial charge is 0.226 e. The lowest BCUT2D eigenvalue weighted by Crippen LogP contribution is -1.99. The molecule has 0 heterocycles. The molecule has 2 aromatic carbocycles. The van der Waals surface area contributed by atoms with E-state index in [4.69, 9.17) is 0 Å². The Morgan fingerprint density at radius 3 is 1.36 bits per heavy atom. The van der Waals surface area contributed by atoms with Crippen molar-refractivity contribution in [2.75, 3.05) is 4.67 Å². The quantitative estimate of drug-likeness (QED) is 0.675. The Bertz CT molecular complexity index is 346. The summed E-state index contributed by atoms with van der Waals surface area (Å²) in [6.45, 7) is 0. The fourth-order valence-electron chi connectivity index (χ4n) is 1.36. The number of para-hydroxylation sites is 2. The maximum Gasteiger partial charge on any atom is 0.0781 e. The first kappa shape index (κ1) is 9.23. The zero-order valence-electron chi connectivity index (χ0n) is 7.93. The lowest BCUT2D eigenvalue weighted by molar-refractivity contribution is 1.43. The van der Waals surface area contributed by atoms with Gasteiger partial charge in [-0.25, -0.2) is 4.67 Å². The van der Waals surface area contributed by atoms with Gasteiger partial charge in [0.2, 0.25) is 0 Å². The highest BCUT2D eigenvalue weighted by atomic mass is 31.0. The molecule has 0 aromatic heterocycles. The van der Waals surface area contributed by atoms with Crippen LogP contribution in [0.15, 0.2) is 60.7 Å². The van der Waals surface area contributed by atoms with Crippen LogP contribution in [0.3, 0.4) is 0 Å². The van der Waals surface area contributed by atoms with E-state index in [1.165, 1.54) is 11.4 Å². The molecule has 70 valence electrons. The summed E-state index contributed by atoms with van der Waals surface area (Å²) >= 11 is 0. The van der Waals surface area contributed by atoms with Gasteiger partial charge >= 0.3 is 0 Å². The van der Waals surface area contributed by atoms with Crippen molar-refractivity contribution >= 4 is 20.8 Å². The highest BCUT2D eigenvalue weighted by molar-refractivity contribution is 7.19. The molecular weight excluding hydrogens is 189 g/mol. The molecule has 0 amide bonds. The van der Waals surface area contributed by atoms with Crippen LogP contribution in [0, 0.1) is 0 Å². The number of rotatable bonds is 2. The normalized spacial score (nSPS) is 10.0. The molecule has 2 rings (SSSR count). The number of hydrogen-bond donors (Lipinski definition) is 0. The van der Waals surface area contributed by atoms with E-state index in [0.29, 0.717) is 0 Å². The second-order valence-electron chi connectivity index (χ2n) is 3.10. The van der Waals surface area contributed by atoms with Gasteiger partial charge in [0, 0.05) is 0 Å². The highest BCUT2D eigenvalue weighted by Gasteiger charge is 2.05. The molecule has 0 aliphatic heterocycles. The number of benzene rings is 2. The first-order chi connectivity index (χ1) is 6.88. The Balaban J connectivity index is 2.30. The Hall–Kier alpha value is -1.33. The Morgan fingerprint density at radius 1 is 0.643 bits per heavy atom. The molecule has 0 aliphatic rings. The molecule has 14 heavy (non-hydrogen) atoms. The molecule has 0 radical (unpaired) electrons. The zero-order valence-corrected chi connectivity index (χ0v) is 9.34. The maximum absolute atomic E-state index is 2.19. The van der Waals surface area contributed by atoms with Crippen LogP contribution in [-0.4, -0.2) is 0 Å². The minimum Gasteiger partial charge on any atom is -0.226 e. The standard InChI is InChI=1S/C12H12NP/c14-13(11-7-3-1-4-8-11)12-9-5-2-6-10-12/h1-10H,14H2/p+1. The second-order valence-corrected chi connectivity index (χ2v) is 3.73. The third-order valence-corrected chi connectivity index (χ3v) is 2.87. The molecule has 1 atom stereocenters. The SMILES string of the molecule is [PH3+]N(c1ccccc1)c1ccccc1. The predicted molar refractivity (Wildman–Crippen MR) is 66.1 cm³/mol. The van der Waals surface area contributed by atoms with Gasteiger partial charge in [-0.3, -0.25) is 0 Å². The van der Waals surface area contributed by atoms with Gasteiger partial charge in [0.15, 0.2) is 0 Å². The van der Waals surface area contributed by atoms with E-state index in [0.717, 1.165) is 0 Å². The molecular formula is C12H13NP+. The molecule has 0 spiro atoms. The molecule has 0 fully saturated rings. The van der Waals surface area contributed by atoms with E-state index < -0.39 is 0 Å². The first-order valence-electron chi connectivity index (χ1n) is 4.58. The Labute approximate surface area is 86.6 Å². The summed E-state index contributed by atoms with van der Waals surface area (Å²) in [5.74, 6) is 0. The van der Waals surface area contributed by atoms with Gasteiger partial charge in [-0.05, 0) is 24.3 Å². The third-order valence-electron chi connectivity index (χ3n) is 2.14. The second kappa shape index (κ2) is 4.26. The molecule has 0 saturated heterocycles. The van der Waals surface area contributed by atoms with Crippen LogP contribution in [0.2, 0.25) is 0 Å². The summed E-state index contributed by atoms with van der Waals surface area (Å²) in [6.07, 6.45) is 0. The molecule has 0 aliphatic carbocycles. The van der Waals surface area contributed by atoms with Crippen LogP contribution in [0.1, 0.15) is 0 Å². The van der Waals surface area contributed by atoms with Gasteiger partial charge in [-0.15, -0.1) is 0 Å². The van der Waals surface area contributed by atoms with Gasteiger partial charge in [0.25, 0.3) is 0 Å². The lowest BCUT2D eigenvalue weighted by atomic mass is 10.3. The maximum atomic E-state index is 2.19. The average Bonchev–Trinajstić information content (AvgIpc) is 2.30. The summed E-state index contributed by atoms with van der Waals surface area (Å²) < 4.78 is 2.19. The van der Waals surface area contributed by atoms with Crippen molar-refractivity contribution in [1.82, 2.24) is 0 Å². The topological polar surface area (TPSA) is 3.24 Å². The van der Waals surface area contributed by atoms with Crippen LogP contribution in [0.25, 0.3) is 0 Å². The third kappa shape index (κ3) is 1.94. The number of anilines is 2. The summed E-state index contributed by atoms with van der Waals surface area (Å²) in [5, 5.41) is 0. The van der Waals surface area contributed by atoms with E-state index in [1.807, 2.05) is 21.5 Å². The van der Waals surface area contributed by atoms with Crippen molar-refractivity contribution in [2.24, 2.45) is 0 Å². The van der Waals surface area contributed by atoms with Crippen LogP contribution in [-0.2, 0) is 0 Å². The lowest BCUT2D eigenvalue weighted by Gasteiger charge is -2.13. The highest BCUT2D eigenvalue weighted by Crippen LogP contribution is 2.27. The van der Waals surface area contributed by atoms with Gasteiger partial charge < -0.3 is 0 Å². The van der Waals surface area contributed by atoms with E-state index in [1.54, 1.807) is 0 Å². The predicted octanol–water partition coefficient (Wildman–Crippen LogP) is 3.35. The number of nitrogens with zero attached hydrogens (tertiary/aromatic N) is 1. The molecule has 0 saturated carbocycles. The van der Waals surface area contributed by atoms with E-state index >= 15 is 0 Å². The van der Waals surface area contributed by atoms with Crippen LogP contribution in [0.5, 0.6) is 0 Å². The molecule has 1 nitrogen and oxygen atoms in total. The van der Waals surface area contributed by atoms with Gasteiger partial charge in [-0.1, -0.05) is 36.4 Å². The van der Waals surface area contributed by atoms with Crippen molar-refractivity contribution in [3.63, 3.8) is 0 Å². The van der Waals surface area contributed by atoms with Crippen molar-refractivity contribution in [1.29, 1.82) is 0 Å². The molecule has 1 unspecified atom stereocenters. The Kier molecular flexibility index (Phi) is 2.81. The minimum absolute atomic E-state index is 1.22. The summed E-state index contributed by atoms with van der Waals surface area (Å²) in [4.78, 5) is 0. The fourth-order valence-corrected chi connectivity index (χ4v) is 1.79. The molecule has 0 bridgehead atoms. The van der Waals surface area contributed by atoms with Crippen molar-refractivity contribution < 1.29 is 0 Å². The van der Waals surface area contributed by atoms with Gasteiger partial charge in [-0.2, -0.15) is 0 Å². The van der Waals surface area contributed by atoms with Gasteiger partial charge in [0.1, 0.15) is 0 Å². The fraction of sp³-hybridized carbons (Fsp3) is 0. The summed E-state index contributed by atoms with van der Waals surface area (Å²) in [7, 11) is 1.86.